The molecule has 1 aromatic heterocycles. The van der Waals surface area contributed by atoms with Gasteiger partial charge in [-0.05, 0) is 6.42 Å². The van der Waals surface area contributed by atoms with Crippen molar-refractivity contribution in [3.05, 3.63) is 47.7 Å². The van der Waals surface area contributed by atoms with Gasteiger partial charge >= 0.3 is 5.69 Å². The molecule has 2 aromatic rings. The molecule has 0 fully saturated rings. The minimum Gasteiger partial charge on any atom is -0.383 e. The van der Waals surface area contributed by atoms with Crippen LogP contribution in [0, 0.1) is 20.2 Å². The monoisotopic (exact) mass is 340 g/mol. The van der Waals surface area contributed by atoms with E-state index < -0.39 is 26.8 Å². The fraction of sp³-hybridized carbons (Fsp3) is 0.308. The first-order valence-corrected chi connectivity index (χ1v) is 7.06. The summed E-state index contributed by atoms with van der Waals surface area (Å²) in [6, 6.07) is 2.00. The molecular formula is C13H13ClN4O5. The Morgan fingerprint density at radius 1 is 1.26 bits per heavy atom. The summed E-state index contributed by atoms with van der Waals surface area (Å²) in [6.07, 6.45) is 0.712. The Hall–Kier alpha value is -2.68. The van der Waals surface area contributed by atoms with Crippen molar-refractivity contribution < 1.29 is 9.85 Å². The van der Waals surface area contributed by atoms with Gasteiger partial charge in [0.1, 0.15) is 10.5 Å². The second kappa shape index (κ2) is 6.21. The average molecular weight is 341 g/mol. The number of aromatic nitrogens is 1. The van der Waals surface area contributed by atoms with Crippen LogP contribution in [0.3, 0.4) is 0 Å². The van der Waals surface area contributed by atoms with Gasteiger partial charge in [0.2, 0.25) is 0 Å². The normalized spacial score (nSPS) is 10.7. The molecule has 122 valence electrons. The first kappa shape index (κ1) is 16.7. The lowest BCUT2D eigenvalue weighted by Crippen LogP contribution is -2.20. The highest BCUT2D eigenvalue weighted by molar-refractivity contribution is 6.34. The summed E-state index contributed by atoms with van der Waals surface area (Å²) in [7, 11) is 1.33. The third kappa shape index (κ3) is 2.82. The van der Waals surface area contributed by atoms with Crippen LogP contribution in [0.5, 0.6) is 0 Å². The van der Waals surface area contributed by atoms with Crippen LogP contribution in [-0.4, -0.2) is 21.0 Å². The minimum absolute atomic E-state index is 0.0198. The molecule has 0 unspecified atom stereocenters. The molecule has 2 rings (SSSR count). The lowest BCUT2D eigenvalue weighted by Gasteiger charge is -2.13. The van der Waals surface area contributed by atoms with Crippen LogP contribution in [-0.2, 0) is 7.05 Å². The van der Waals surface area contributed by atoms with E-state index in [9.17, 15) is 25.0 Å². The van der Waals surface area contributed by atoms with Gasteiger partial charge in [0.05, 0.1) is 21.6 Å². The average Bonchev–Trinajstić information content (AvgIpc) is 2.51. The number of non-ortho nitro benzene ring substituents is 2. The SMILES string of the molecule is CCCNc1c(Cl)c(=O)n(C)c2c([N+](=O)[O-])cc([N+](=O)[O-])cc12. The molecule has 0 radical (unpaired) electrons. The van der Waals surface area contributed by atoms with Crippen LogP contribution in [0.4, 0.5) is 17.1 Å². The minimum atomic E-state index is -0.758. The quantitative estimate of drug-likeness (QED) is 0.660. The lowest BCUT2D eigenvalue weighted by atomic mass is 10.1. The summed E-state index contributed by atoms with van der Waals surface area (Å²) < 4.78 is 1.02. The molecule has 0 bridgehead atoms. The number of anilines is 1. The second-order valence-electron chi connectivity index (χ2n) is 4.86. The molecule has 0 aliphatic heterocycles. The van der Waals surface area contributed by atoms with Gasteiger partial charge in [-0.2, -0.15) is 0 Å². The maximum absolute atomic E-state index is 12.2. The van der Waals surface area contributed by atoms with Gasteiger partial charge in [0, 0.05) is 25.0 Å². The van der Waals surface area contributed by atoms with Crippen molar-refractivity contribution in [3.8, 4) is 0 Å². The molecule has 0 aliphatic carbocycles. The molecule has 10 heteroatoms. The molecule has 0 atom stereocenters. The standard InChI is InChI=1S/C13H13ClN4O5/c1-3-4-15-11-8-5-7(17(20)21)6-9(18(22)23)12(8)16(2)13(19)10(11)14/h5-6,15H,3-4H2,1-2H3. The predicted molar refractivity (Wildman–Crippen MR) is 86.3 cm³/mol. The van der Waals surface area contributed by atoms with Crippen LogP contribution in [0.25, 0.3) is 10.9 Å². The number of nitro groups is 2. The molecule has 0 aliphatic rings. The van der Waals surface area contributed by atoms with E-state index in [2.05, 4.69) is 5.32 Å². The molecule has 1 aromatic carbocycles. The van der Waals surface area contributed by atoms with E-state index in [-0.39, 0.29) is 21.6 Å². The van der Waals surface area contributed by atoms with Crippen molar-refractivity contribution in [3.63, 3.8) is 0 Å². The van der Waals surface area contributed by atoms with Crippen LogP contribution in [0.1, 0.15) is 13.3 Å². The van der Waals surface area contributed by atoms with Gasteiger partial charge in [-0.1, -0.05) is 18.5 Å². The Kier molecular flexibility index (Phi) is 4.50. The summed E-state index contributed by atoms with van der Waals surface area (Å²) in [5.74, 6) is 0. The first-order chi connectivity index (χ1) is 10.8. The van der Waals surface area contributed by atoms with Crippen molar-refractivity contribution in [2.45, 2.75) is 13.3 Å². The Morgan fingerprint density at radius 2 is 1.91 bits per heavy atom. The molecule has 0 amide bonds. The zero-order valence-electron chi connectivity index (χ0n) is 12.3. The lowest BCUT2D eigenvalue weighted by molar-refractivity contribution is -0.393. The molecule has 0 saturated heterocycles. The van der Waals surface area contributed by atoms with E-state index in [1.54, 1.807) is 0 Å². The summed E-state index contributed by atoms with van der Waals surface area (Å²) >= 11 is 6.04. The summed E-state index contributed by atoms with van der Waals surface area (Å²) in [5.41, 5.74) is -1.44. The number of hydrogen-bond acceptors (Lipinski definition) is 6. The van der Waals surface area contributed by atoms with Crippen molar-refractivity contribution in [1.29, 1.82) is 0 Å². The van der Waals surface area contributed by atoms with Gasteiger partial charge in [-0.3, -0.25) is 25.0 Å². The molecular weight excluding hydrogens is 328 g/mol. The highest BCUT2D eigenvalue weighted by Crippen LogP contribution is 2.36. The van der Waals surface area contributed by atoms with Crippen LogP contribution >= 0.6 is 11.6 Å². The van der Waals surface area contributed by atoms with Gasteiger partial charge in [0.25, 0.3) is 11.2 Å². The van der Waals surface area contributed by atoms with Gasteiger partial charge < -0.3 is 9.88 Å². The molecule has 1 N–H and O–H groups in total. The van der Waals surface area contributed by atoms with Crippen LogP contribution < -0.4 is 10.9 Å². The Bertz CT molecular complexity index is 877. The first-order valence-electron chi connectivity index (χ1n) is 6.68. The van der Waals surface area contributed by atoms with E-state index >= 15 is 0 Å². The number of benzene rings is 1. The maximum Gasteiger partial charge on any atom is 0.300 e. The molecule has 0 saturated carbocycles. The van der Waals surface area contributed by atoms with Gasteiger partial charge in [-0.15, -0.1) is 0 Å². The van der Waals surface area contributed by atoms with Crippen molar-refractivity contribution in [1.82, 2.24) is 4.57 Å². The smallest absolute Gasteiger partial charge is 0.300 e. The number of aryl methyl sites for hydroxylation is 1. The molecule has 0 spiro atoms. The van der Waals surface area contributed by atoms with E-state index in [0.717, 1.165) is 10.6 Å². The Morgan fingerprint density at radius 3 is 2.43 bits per heavy atom. The van der Waals surface area contributed by atoms with E-state index in [0.29, 0.717) is 13.0 Å². The van der Waals surface area contributed by atoms with E-state index in [4.69, 9.17) is 11.6 Å². The maximum atomic E-state index is 12.2. The second-order valence-corrected chi connectivity index (χ2v) is 5.23. The van der Waals surface area contributed by atoms with Crippen LogP contribution in [0.2, 0.25) is 5.02 Å². The van der Waals surface area contributed by atoms with Crippen molar-refractivity contribution in [2.75, 3.05) is 11.9 Å². The zero-order chi connectivity index (χ0) is 17.3. The Balaban J connectivity index is 3.02. The van der Waals surface area contributed by atoms with E-state index in [1.807, 2.05) is 6.92 Å². The van der Waals surface area contributed by atoms with Crippen molar-refractivity contribution in [2.24, 2.45) is 7.05 Å². The molecule has 23 heavy (non-hydrogen) atoms. The van der Waals surface area contributed by atoms with Crippen molar-refractivity contribution >= 4 is 39.6 Å². The summed E-state index contributed by atoms with van der Waals surface area (Å²) in [5, 5.41) is 25.2. The number of nitrogens with zero attached hydrogens (tertiary/aromatic N) is 3. The number of rotatable bonds is 5. The summed E-state index contributed by atoms with van der Waals surface area (Å²) in [4.78, 5) is 33.0. The third-order valence-corrected chi connectivity index (χ3v) is 3.70. The summed E-state index contributed by atoms with van der Waals surface area (Å²) in [6.45, 7) is 2.34. The fourth-order valence-corrected chi connectivity index (χ4v) is 2.58. The topological polar surface area (TPSA) is 120 Å². The predicted octanol–water partition coefficient (Wildman–Crippen LogP) is 2.83. The van der Waals surface area contributed by atoms with Gasteiger partial charge in [-0.25, -0.2) is 0 Å². The fourth-order valence-electron chi connectivity index (χ4n) is 2.29. The Labute approximate surface area is 134 Å². The van der Waals surface area contributed by atoms with Crippen LogP contribution in [0.15, 0.2) is 16.9 Å². The number of pyridine rings is 1. The largest absolute Gasteiger partial charge is 0.383 e. The number of nitro benzene ring substituents is 2. The zero-order valence-corrected chi connectivity index (χ0v) is 13.1. The number of hydrogen-bond donors (Lipinski definition) is 1. The highest BCUT2D eigenvalue weighted by atomic mass is 35.5. The molecule has 9 nitrogen and oxygen atoms in total. The van der Waals surface area contributed by atoms with Gasteiger partial charge in [0.15, 0.2) is 0 Å². The third-order valence-electron chi connectivity index (χ3n) is 3.35. The number of nitrogens with one attached hydrogen (secondary N) is 1. The number of halogens is 1. The van der Waals surface area contributed by atoms with E-state index in [1.165, 1.54) is 13.1 Å². The molecule has 1 heterocycles. The number of fused-ring (bicyclic) bond motifs is 1. The highest BCUT2D eigenvalue weighted by Gasteiger charge is 2.25.